The van der Waals surface area contributed by atoms with Crippen molar-refractivity contribution in [3.63, 3.8) is 0 Å². The van der Waals surface area contributed by atoms with Gasteiger partial charge in [-0.3, -0.25) is 9.69 Å². The van der Waals surface area contributed by atoms with Crippen LogP contribution in [-0.4, -0.2) is 62.1 Å². The third kappa shape index (κ3) is 4.96. The predicted octanol–water partition coefficient (Wildman–Crippen LogP) is 4.03. The Morgan fingerprint density at radius 2 is 1.50 bits per heavy atom. The second-order valence-corrected chi connectivity index (χ2v) is 8.34. The van der Waals surface area contributed by atoms with Gasteiger partial charge < -0.3 is 14.5 Å². The summed E-state index contributed by atoms with van der Waals surface area (Å²) in [6.45, 7) is 6.75. The van der Waals surface area contributed by atoms with Gasteiger partial charge in [0.1, 0.15) is 5.75 Å². The molecule has 0 saturated carbocycles. The van der Waals surface area contributed by atoms with Crippen molar-refractivity contribution in [3.05, 3.63) is 59.7 Å². The average Bonchev–Trinajstić information content (AvgIpc) is 3.09. The largest absolute Gasteiger partial charge is 0.495 e. The molecule has 5 heteroatoms. The SMILES string of the molecule is COc1ccccc1N1CCN(Cc2ccc(C(=O)N3CCCCCC3)cc2)CC1. The minimum absolute atomic E-state index is 0.189. The first-order valence-electron chi connectivity index (χ1n) is 11.2. The number of carbonyl (C=O) groups excluding carboxylic acids is 1. The zero-order valence-electron chi connectivity index (χ0n) is 18.1. The molecule has 0 bridgehead atoms. The van der Waals surface area contributed by atoms with Crippen LogP contribution < -0.4 is 9.64 Å². The average molecular weight is 408 g/mol. The van der Waals surface area contributed by atoms with Gasteiger partial charge in [-0.05, 0) is 42.7 Å². The van der Waals surface area contributed by atoms with Crippen LogP contribution in [-0.2, 0) is 6.54 Å². The first-order chi connectivity index (χ1) is 14.7. The molecule has 2 aromatic carbocycles. The van der Waals surface area contributed by atoms with Crippen LogP contribution in [0, 0.1) is 0 Å². The molecule has 0 unspecified atom stereocenters. The van der Waals surface area contributed by atoms with Gasteiger partial charge >= 0.3 is 0 Å². The van der Waals surface area contributed by atoms with Crippen LogP contribution in [0.15, 0.2) is 48.5 Å². The molecule has 160 valence electrons. The third-order valence-electron chi connectivity index (χ3n) is 6.30. The number of carbonyl (C=O) groups is 1. The Balaban J connectivity index is 1.30. The van der Waals surface area contributed by atoms with Gasteiger partial charge in [-0.2, -0.15) is 0 Å². The Morgan fingerprint density at radius 1 is 0.833 bits per heavy atom. The third-order valence-corrected chi connectivity index (χ3v) is 6.30. The van der Waals surface area contributed by atoms with E-state index in [0.29, 0.717) is 0 Å². The fourth-order valence-corrected chi connectivity index (χ4v) is 4.51. The molecular formula is C25H33N3O2. The van der Waals surface area contributed by atoms with E-state index in [1.54, 1.807) is 7.11 Å². The topological polar surface area (TPSA) is 36.0 Å². The Labute approximate surface area is 180 Å². The molecule has 2 aliphatic heterocycles. The quantitative estimate of drug-likeness (QED) is 0.750. The molecule has 2 aromatic rings. The van der Waals surface area contributed by atoms with Gasteiger partial charge in [0, 0.05) is 51.4 Å². The van der Waals surface area contributed by atoms with Crippen LogP contribution in [0.25, 0.3) is 0 Å². The van der Waals surface area contributed by atoms with Gasteiger partial charge in [-0.15, -0.1) is 0 Å². The maximum absolute atomic E-state index is 12.8. The van der Waals surface area contributed by atoms with E-state index in [1.807, 2.05) is 29.2 Å². The number of nitrogens with zero attached hydrogens (tertiary/aromatic N) is 3. The molecule has 4 rings (SSSR count). The van der Waals surface area contributed by atoms with Crippen molar-refractivity contribution >= 4 is 11.6 Å². The molecule has 2 aliphatic rings. The van der Waals surface area contributed by atoms with E-state index in [1.165, 1.54) is 24.1 Å². The zero-order chi connectivity index (χ0) is 20.8. The molecule has 30 heavy (non-hydrogen) atoms. The molecule has 0 spiro atoms. The number of para-hydroxylation sites is 2. The normalized spacial score (nSPS) is 18.2. The van der Waals surface area contributed by atoms with Crippen molar-refractivity contribution < 1.29 is 9.53 Å². The molecule has 0 radical (unpaired) electrons. The number of hydrogen-bond acceptors (Lipinski definition) is 4. The number of hydrogen-bond donors (Lipinski definition) is 0. The maximum atomic E-state index is 12.8. The molecule has 0 N–H and O–H groups in total. The summed E-state index contributed by atoms with van der Waals surface area (Å²) in [4.78, 5) is 19.7. The smallest absolute Gasteiger partial charge is 0.253 e. The molecule has 1 amide bonds. The lowest BCUT2D eigenvalue weighted by atomic mass is 10.1. The van der Waals surface area contributed by atoms with Crippen molar-refractivity contribution in [2.45, 2.75) is 32.2 Å². The number of ether oxygens (including phenoxy) is 1. The highest BCUT2D eigenvalue weighted by Gasteiger charge is 2.20. The molecule has 5 nitrogen and oxygen atoms in total. The second kappa shape index (κ2) is 9.98. The van der Waals surface area contributed by atoms with Crippen molar-refractivity contribution in [2.24, 2.45) is 0 Å². The van der Waals surface area contributed by atoms with E-state index < -0.39 is 0 Å². The lowest BCUT2D eigenvalue weighted by Crippen LogP contribution is -2.46. The number of methoxy groups -OCH3 is 1. The van der Waals surface area contributed by atoms with Crippen molar-refractivity contribution in [1.29, 1.82) is 0 Å². The van der Waals surface area contributed by atoms with Gasteiger partial charge in [0.2, 0.25) is 0 Å². The highest BCUT2D eigenvalue weighted by atomic mass is 16.5. The summed E-state index contributed by atoms with van der Waals surface area (Å²) >= 11 is 0. The Bertz CT molecular complexity index is 821. The number of amides is 1. The van der Waals surface area contributed by atoms with Crippen LogP contribution in [0.2, 0.25) is 0 Å². The number of benzene rings is 2. The number of piperazine rings is 1. The van der Waals surface area contributed by atoms with Crippen LogP contribution in [0.1, 0.15) is 41.6 Å². The Morgan fingerprint density at radius 3 is 2.17 bits per heavy atom. The molecule has 2 saturated heterocycles. The minimum atomic E-state index is 0.189. The highest BCUT2D eigenvalue weighted by molar-refractivity contribution is 5.94. The summed E-state index contributed by atoms with van der Waals surface area (Å²) in [5, 5.41) is 0. The Kier molecular flexibility index (Phi) is 6.90. The number of rotatable bonds is 5. The lowest BCUT2D eigenvalue weighted by Gasteiger charge is -2.36. The highest BCUT2D eigenvalue weighted by Crippen LogP contribution is 2.28. The monoisotopic (exact) mass is 407 g/mol. The Hall–Kier alpha value is -2.53. The van der Waals surface area contributed by atoms with Crippen molar-refractivity contribution in [2.75, 3.05) is 51.3 Å². The first-order valence-corrected chi connectivity index (χ1v) is 11.2. The molecule has 2 heterocycles. The molecule has 0 aromatic heterocycles. The van der Waals surface area contributed by atoms with Gasteiger partial charge in [0.15, 0.2) is 0 Å². The predicted molar refractivity (Wildman–Crippen MR) is 121 cm³/mol. The van der Waals surface area contributed by atoms with Gasteiger partial charge in [-0.25, -0.2) is 0 Å². The van der Waals surface area contributed by atoms with Gasteiger partial charge in [0.25, 0.3) is 5.91 Å². The summed E-state index contributed by atoms with van der Waals surface area (Å²) in [6.07, 6.45) is 4.75. The van der Waals surface area contributed by atoms with Crippen LogP contribution in [0.5, 0.6) is 5.75 Å². The van der Waals surface area contributed by atoms with Crippen molar-refractivity contribution in [1.82, 2.24) is 9.80 Å². The fourth-order valence-electron chi connectivity index (χ4n) is 4.51. The fraction of sp³-hybridized carbons (Fsp3) is 0.480. The summed E-state index contributed by atoms with van der Waals surface area (Å²) in [5.41, 5.74) is 3.27. The summed E-state index contributed by atoms with van der Waals surface area (Å²) in [7, 11) is 1.73. The van der Waals surface area contributed by atoms with Gasteiger partial charge in [0.05, 0.1) is 12.8 Å². The number of anilines is 1. The molecule has 0 aliphatic carbocycles. The molecule has 0 atom stereocenters. The van der Waals surface area contributed by atoms with E-state index in [9.17, 15) is 4.79 Å². The summed E-state index contributed by atoms with van der Waals surface area (Å²) < 4.78 is 5.52. The van der Waals surface area contributed by atoms with E-state index in [2.05, 4.69) is 34.1 Å². The lowest BCUT2D eigenvalue weighted by molar-refractivity contribution is 0.0761. The van der Waals surface area contributed by atoms with Crippen molar-refractivity contribution in [3.8, 4) is 5.75 Å². The van der Waals surface area contributed by atoms with Crippen LogP contribution in [0.3, 0.4) is 0 Å². The minimum Gasteiger partial charge on any atom is -0.495 e. The van der Waals surface area contributed by atoms with E-state index in [4.69, 9.17) is 4.74 Å². The van der Waals surface area contributed by atoms with Crippen LogP contribution in [0.4, 0.5) is 5.69 Å². The van der Waals surface area contributed by atoms with Gasteiger partial charge in [-0.1, -0.05) is 37.1 Å². The second-order valence-electron chi connectivity index (χ2n) is 8.34. The molecule has 2 fully saturated rings. The number of likely N-dealkylation sites (tertiary alicyclic amines) is 1. The first kappa shape index (κ1) is 20.7. The van der Waals surface area contributed by atoms with E-state index >= 15 is 0 Å². The van der Waals surface area contributed by atoms with Crippen LogP contribution >= 0.6 is 0 Å². The van der Waals surface area contributed by atoms with E-state index in [0.717, 1.165) is 70.0 Å². The maximum Gasteiger partial charge on any atom is 0.253 e. The zero-order valence-corrected chi connectivity index (χ0v) is 18.1. The standard InChI is InChI=1S/C25H33N3O2/c1-30-24-9-5-4-8-23(24)27-18-16-26(17-19-27)20-21-10-12-22(13-11-21)25(29)28-14-6-2-3-7-15-28/h4-5,8-13H,2-3,6-7,14-20H2,1H3. The summed E-state index contributed by atoms with van der Waals surface area (Å²) in [5.74, 6) is 1.13. The molecular weight excluding hydrogens is 374 g/mol. The van der Waals surface area contributed by atoms with E-state index in [-0.39, 0.29) is 5.91 Å². The summed E-state index contributed by atoms with van der Waals surface area (Å²) in [6, 6.07) is 16.5.